The van der Waals surface area contributed by atoms with Gasteiger partial charge in [-0.05, 0) is 26.2 Å². The van der Waals surface area contributed by atoms with Crippen molar-refractivity contribution in [1.82, 2.24) is 9.55 Å². The summed E-state index contributed by atoms with van der Waals surface area (Å²) in [4.78, 5) is 16.3. The number of hydrogen-bond acceptors (Lipinski definition) is 3. The van der Waals surface area contributed by atoms with Crippen LogP contribution in [-0.4, -0.2) is 22.4 Å². The summed E-state index contributed by atoms with van der Waals surface area (Å²) in [5, 5.41) is 0. The van der Waals surface area contributed by atoms with Crippen molar-refractivity contribution in [1.29, 1.82) is 0 Å². The van der Waals surface area contributed by atoms with Gasteiger partial charge in [0, 0.05) is 25.8 Å². The molecule has 1 aromatic rings. The van der Waals surface area contributed by atoms with Crippen LogP contribution in [0.1, 0.15) is 48.2 Å². The van der Waals surface area contributed by atoms with Gasteiger partial charge in [-0.2, -0.15) is 0 Å². The fourth-order valence-corrected chi connectivity index (χ4v) is 2.32. The predicted molar refractivity (Wildman–Crippen MR) is 60.5 cm³/mol. The summed E-state index contributed by atoms with van der Waals surface area (Å²) in [5.74, 6) is 1.07. The predicted octanol–water partition coefficient (Wildman–Crippen LogP) is 1.96. The number of carbonyl (C=O) groups excluding carboxylic acids is 1. The minimum absolute atomic E-state index is 0.192. The van der Waals surface area contributed by atoms with E-state index >= 15 is 0 Å². The van der Waals surface area contributed by atoms with Gasteiger partial charge >= 0.3 is 0 Å². The van der Waals surface area contributed by atoms with Crippen LogP contribution in [0.25, 0.3) is 0 Å². The van der Waals surface area contributed by atoms with E-state index in [1.54, 1.807) is 7.11 Å². The van der Waals surface area contributed by atoms with Gasteiger partial charge in [-0.25, -0.2) is 4.98 Å². The average Bonchev–Trinajstić information content (AvgIpc) is 2.53. The van der Waals surface area contributed by atoms with Crippen LogP contribution in [0.4, 0.5) is 0 Å². The van der Waals surface area contributed by atoms with Gasteiger partial charge in [-0.1, -0.05) is 0 Å². The summed E-state index contributed by atoms with van der Waals surface area (Å²) in [5.41, 5.74) is 1.79. The Hall–Kier alpha value is -1.16. The molecule has 0 amide bonds. The molecule has 0 aliphatic heterocycles. The van der Waals surface area contributed by atoms with Crippen LogP contribution in [0, 0.1) is 0 Å². The molecule has 88 valence electrons. The summed E-state index contributed by atoms with van der Waals surface area (Å²) >= 11 is 0. The lowest BCUT2D eigenvalue weighted by atomic mass is 10.2. The van der Waals surface area contributed by atoms with Crippen molar-refractivity contribution in [3.8, 4) is 0 Å². The maximum atomic E-state index is 11.9. The minimum atomic E-state index is 0.192. The highest BCUT2D eigenvalue weighted by atomic mass is 16.5. The Labute approximate surface area is 95.6 Å². The molecule has 0 bridgehead atoms. The molecule has 4 nitrogen and oxygen atoms in total. The van der Waals surface area contributed by atoms with Crippen LogP contribution in [0.3, 0.4) is 0 Å². The van der Waals surface area contributed by atoms with Gasteiger partial charge in [0.05, 0.1) is 0 Å². The van der Waals surface area contributed by atoms with E-state index < -0.39 is 0 Å². The molecule has 16 heavy (non-hydrogen) atoms. The lowest BCUT2D eigenvalue weighted by molar-refractivity contribution is 0.0977. The maximum absolute atomic E-state index is 11.9. The van der Waals surface area contributed by atoms with Crippen molar-refractivity contribution in [2.45, 2.75) is 45.8 Å². The van der Waals surface area contributed by atoms with E-state index in [4.69, 9.17) is 4.74 Å². The standard InChI is InChI=1S/C12H18N2O2/c1-3-14-9-6-4-5-7-10(15)12(9)13-11(14)8-16-2/h3-8H2,1-2H3. The highest BCUT2D eigenvalue weighted by Crippen LogP contribution is 2.22. The first-order chi connectivity index (χ1) is 7.77. The highest BCUT2D eigenvalue weighted by molar-refractivity contribution is 5.95. The molecule has 0 aromatic carbocycles. The second-order valence-electron chi connectivity index (χ2n) is 4.13. The van der Waals surface area contributed by atoms with Crippen LogP contribution >= 0.6 is 0 Å². The minimum Gasteiger partial charge on any atom is -0.377 e. The van der Waals surface area contributed by atoms with E-state index in [-0.39, 0.29) is 5.78 Å². The molecule has 4 heteroatoms. The molecule has 1 aliphatic carbocycles. The smallest absolute Gasteiger partial charge is 0.183 e. The summed E-state index contributed by atoms with van der Waals surface area (Å²) in [7, 11) is 1.65. The van der Waals surface area contributed by atoms with Gasteiger partial charge in [0.15, 0.2) is 5.78 Å². The number of hydrogen-bond donors (Lipinski definition) is 0. The number of rotatable bonds is 3. The number of ether oxygens (including phenoxy) is 1. The number of ketones is 1. The molecular formula is C12H18N2O2. The lowest BCUT2D eigenvalue weighted by Gasteiger charge is -2.08. The number of Topliss-reactive ketones (excluding diaryl/α,β-unsaturated/α-hetero) is 1. The normalized spacial score (nSPS) is 16.0. The van der Waals surface area contributed by atoms with E-state index in [1.807, 2.05) is 0 Å². The summed E-state index contributed by atoms with van der Waals surface area (Å²) < 4.78 is 7.25. The number of nitrogens with zero attached hydrogens (tertiary/aromatic N) is 2. The quantitative estimate of drug-likeness (QED) is 0.734. The second-order valence-corrected chi connectivity index (χ2v) is 4.13. The molecule has 0 fully saturated rings. The van der Waals surface area contributed by atoms with Crippen molar-refractivity contribution in [3.05, 3.63) is 17.2 Å². The summed E-state index contributed by atoms with van der Waals surface area (Å²) in [6, 6.07) is 0. The molecule has 1 aromatic heterocycles. The molecule has 0 spiro atoms. The van der Waals surface area contributed by atoms with Gasteiger partial charge in [0.25, 0.3) is 0 Å². The molecule has 0 saturated carbocycles. The Balaban J connectivity index is 2.45. The third-order valence-electron chi connectivity index (χ3n) is 3.07. The fraction of sp³-hybridized carbons (Fsp3) is 0.667. The number of imidazole rings is 1. The molecule has 1 aliphatic rings. The third kappa shape index (κ3) is 1.89. The average molecular weight is 222 g/mol. The molecular weight excluding hydrogens is 204 g/mol. The van der Waals surface area contributed by atoms with Crippen molar-refractivity contribution in [2.24, 2.45) is 0 Å². The number of methoxy groups -OCH3 is 1. The Morgan fingerprint density at radius 3 is 2.81 bits per heavy atom. The number of aromatic nitrogens is 2. The van der Waals surface area contributed by atoms with Crippen LogP contribution in [0.5, 0.6) is 0 Å². The van der Waals surface area contributed by atoms with Gasteiger partial charge in [-0.15, -0.1) is 0 Å². The molecule has 0 unspecified atom stereocenters. The molecule has 0 N–H and O–H groups in total. The van der Waals surface area contributed by atoms with Gasteiger partial charge in [-0.3, -0.25) is 4.79 Å². The topological polar surface area (TPSA) is 44.1 Å². The van der Waals surface area contributed by atoms with Crippen molar-refractivity contribution in [3.63, 3.8) is 0 Å². The van der Waals surface area contributed by atoms with Gasteiger partial charge in [0.2, 0.25) is 0 Å². The fourth-order valence-electron chi connectivity index (χ4n) is 2.32. The van der Waals surface area contributed by atoms with E-state index in [2.05, 4.69) is 16.5 Å². The van der Waals surface area contributed by atoms with Crippen LogP contribution < -0.4 is 0 Å². The largest absolute Gasteiger partial charge is 0.377 e. The first-order valence-corrected chi connectivity index (χ1v) is 5.88. The Bertz CT molecular complexity index is 396. The lowest BCUT2D eigenvalue weighted by Crippen LogP contribution is -2.07. The molecule has 0 saturated heterocycles. The zero-order valence-corrected chi connectivity index (χ0v) is 9.95. The Morgan fingerprint density at radius 2 is 2.12 bits per heavy atom. The Morgan fingerprint density at radius 1 is 1.38 bits per heavy atom. The van der Waals surface area contributed by atoms with Crippen LogP contribution in [0.2, 0.25) is 0 Å². The maximum Gasteiger partial charge on any atom is 0.183 e. The van der Waals surface area contributed by atoms with E-state index in [1.165, 1.54) is 0 Å². The van der Waals surface area contributed by atoms with Crippen LogP contribution in [-0.2, 0) is 24.3 Å². The second kappa shape index (κ2) is 4.78. The highest BCUT2D eigenvalue weighted by Gasteiger charge is 2.23. The molecule has 0 atom stereocenters. The van der Waals surface area contributed by atoms with E-state index in [0.29, 0.717) is 18.7 Å². The zero-order chi connectivity index (χ0) is 11.5. The zero-order valence-electron chi connectivity index (χ0n) is 9.95. The molecule has 0 radical (unpaired) electrons. The van der Waals surface area contributed by atoms with E-state index in [0.717, 1.165) is 37.3 Å². The van der Waals surface area contributed by atoms with Crippen molar-refractivity contribution >= 4 is 5.78 Å². The van der Waals surface area contributed by atoms with Crippen molar-refractivity contribution < 1.29 is 9.53 Å². The first-order valence-electron chi connectivity index (χ1n) is 5.88. The molecule has 1 heterocycles. The third-order valence-corrected chi connectivity index (χ3v) is 3.07. The van der Waals surface area contributed by atoms with E-state index in [9.17, 15) is 4.79 Å². The number of fused-ring (bicyclic) bond motifs is 1. The van der Waals surface area contributed by atoms with Crippen LogP contribution in [0.15, 0.2) is 0 Å². The summed E-state index contributed by atoms with van der Waals surface area (Å²) in [6.45, 7) is 3.42. The Kier molecular flexibility index (Phi) is 3.39. The van der Waals surface area contributed by atoms with Crippen molar-refractivity contribution in [2.75, 3.05) is 7.11 Å². The molecule has 2 rings (SSSR count). The monoisotopic (exact) mass is 222 g/mol. The number of carbonyl (C=O) groups is 1. The van der Waals surface area contributed by atoms with Gasteiger partial charge in [0.1, 0.15) is 18.1 Å². The van der Waals surface area contributed by atoms with Gasteiger partial charge < -0.3 is 9.30 Å². The first kappa shape index (κ1) is 11.3. The SMILES string of the molecule is CCn1c(COC)nc2c1CCCCC2=O. The summed E-state index contributed by atoms with van der Waals surface area (Å²) in [6.07, 6.45) is 3.67.